The van der Waals surface area contributed by atoms with E-state index in [-0.39, 0.29) is 24.8 Å². The zero-order chi connectivity index (χ0) is 27.8. The fourth-order valence-electron chi connectivity index (χ4n) is 4.96. The summed E-state index contributed by atoms with van der Waals surface area (Å²) in [6.07, 6.45) is 4.76. The summed E-state index contributed by atoms with van der Waals surface area (Å²) in [7, 11) is 0. The molecule has 1 saturated heterocycles. The number of rotatable bonds is 8. The van der Waals surface area contributed by atoms with Crippen LogP contribution in [0.15, 0.2) is 46.7 Å². The molecule has 2 N–H and O–H groups in total. The van der Waals surface area contributed by atoms with Gasteiger partial charge in [0.2, 0.25) is 0 Å². The number of ether oxygens (including phenoxy) is 2. The number of aromatic nitrogens is 4. The van der Waals surface area contributed by atoms with Crippen molar-refractivity contribution in [3.63, 3.8) is 0 Å². The molecule has 1 fully saturated rings. The normalized spacial score (nSPS) is 14.2. The van der Waals surface area contributed by atoms with Crippen LogP contribution in [0.4, 0.5) is 10.2 Å². The molecule has 0 spiro atoms. The molecule has 0 saturated carbocycles. The highest BCUT2D eigenvalue weighted by atomic mass is 32.1. The molecule has 40 heavy (non-hydrogen) atoms. The molecule has 0 unspecified atom stereocenters. The van der Waals surface area contributed by atoms with E-state index in [0.717, 1.165) is 11.1 Å². The number of carbonyl (C=O) groups excluding carboxylic acids is 3. The molecule has 0 radical (unpaired) electrons. The molecule has 1 aromatic carbocycles. The number of piperidine rings is 1. The number of thiazole rings is 1. The first-order valence-electron chi connectivity index (χ1n) is 12.2. The lowest BCUT2D eigenvalue weighted by Crippen LogP contribution is -2.45. The Balaban J connectivity index is 1.26. The minimum Gasteiger partial charge on any atom is -0.452 e. The van der Waals surface area contributed by atoms with Crippen LogP contribution in [0.3, 0.4) is 0 Å². The first-order valence-corrected chi connectivity index (χ1v) is 13.1. The predicted molar refractivity (Wildman–Crippen MR) is 141 cm³/mol. The van der Waals surface area contributed by atoms with Crippen LogP contribution >= 0.6 is 11.3 Å². The van der Waals surface area contributed by atoms with Gasteiger partial charge in [-0.25, -0.2) is 14.4 Å². The van der Waals surface area contributed by atoms with E-state index < -0.39 is 18.0 Å². The summed E-state index contributed by atoms with van der Waals surface area (Å²) < 4.78 is 32.6. The van der Waals surface area contributed by atoms with Gasteiger partial charge >= 0.3 is 12.2 Å². The molecule has 12 nitrogen and oxygen atoms in total. The lowest BCUT2D eigenvalue weighted by molar-refractivity contribution is -0.185. The van der Waals surface area contributed by atoms with Crippen molar-refractivity contribution in [3.8, 4) is 22.5 Å². The number of hydrogen-bond acceptors (Lipinski definition) is 11. The maximum Gasteiger partial charge on any atom is 0.325 e. The number of anilines is 1. The molecule has 14 heteroatoms. The highest BCUT2D eigenvalue weighted by Gasteiger charge is 2.31. The molecule has 1 aliphatic heterocycles. The van der Waals surface area contributed by atoms with Crippen molar-refractivity contribution >= 4 is 57.2 Å². The van der Waals surface area contributed by atoms with Gasteiger partial charge in [0.25, 0.3) is 12.9 Å². The molecule has 1 aliphatic rings. The summed E-state index contributed by atoms with van der Waals surface area (Å²) in [5.41, 5.74) is 10.6. The SMILES string of the molecule is Nc1ncc(-c2cnn(C3CCN(C(=O)C(OC=O)OC=O)CC3)c2)c2cc(-c3c(F)ccc4ncsc34)oc12. The summed E-state index contributed by atoms with van der Waals surface area (Å²) in [5, 5.41) is 5.20. The van der Waals surface area contributed by atoms with E-state index in [1.54, 1.807) is 30.0 Å². The molecule has 6 rings (SSSR count). The third kappa shape index (κ3) is 4.41. The quantitative estimate of drug-likeness (QED) is 0.218. The van der Waals surface area contributed by atoms with Crippen molar-refractivity contribution in [2.24, 2.45) is 0 Å². The Morgan fingerprint density at radius 1 is 1.18 bits per heavy atom. The standard InChI is InChI=1S/C26H21FN6O6S/c27-18-1-2-19-23(40-11-30-19)21(18)20-7-16-17(9-29-24(28)22(16)39-20)14-8-31-33(10-14)15-3-5-32(6-4-15)25(36)26(37-12-34)38-13-35/h1-2,7-13,15,26H,3-6H2,(H2,28,29). The van der Waals surface area contributed by atoms with Gasteiger partial charge in [0, 0.05) is 42.0 Å². The molecule has 0 aliphatic carbocycles. The van der Waals surface area contributed by atoms with E-state index in [9.17, 15) is 18.8 Å². The molecular formula is C26H21FN6O6S. The molecule has 5 aromatic rings. The maximum absolute atomic E-state index is 14.9. The van der Waals surface area contributed by atoms with E-state index >= 15 is 0 Å². The average Bonchev–Trinajstić information content (AvgIpc) is 3.73. The Bertz CT molecular complexity index is 1730. The molecule has 204 valence electrons. The Morgan fingerprint density at radius 2 is 1.95 bits per heavy atom. The summed E-state index contributed by atoms with van der Waals surface area (Å²) in [6.45, 7) is 0.832. The molecular weight excluding hydrogens is 543 g/mol. The lowest BCUT2D eigenvalue weighted by Gasteiger charge is -2.33. The Hall–Kier alpha value is -4.85. The highest BCUT2D eigenvalue weighted by molar-refractivity contribution is 7.17. The van der Waals surface area contributed by atoms with E-state index in [2.05, 4.69) is 24.5 Å². The molecule has 4 aromatic heterocycles. The zero-order valence-electron chi connectivity index (χ0n) is 20.7. The number of benzene rings is 1. The number of nitrogens with zero attached hydrogens (tertiary/aromatic N) is 5. The number of nitrogen functional groups attached to an aromatic ring is 1. The minimum atomic E-state index is -1.60. The van der Waals surface area contributed by atoms with Gasteiger partial charge in [-0.1, -0.05) is 0 Å². The van der Waals surface area contributed by atoms with Gasteiger partial charge in [0.1, 0.15) is 11.6 Å². The topological polar surface area (TPSA) is 156 Å². The molecule has 0 bridgehead atoms. The second kappa shape index (κ2) is 10.4. The van der Waals surface area contributed by atoms with Gasteiger partial charge in [-0.3, -0.25) is 19.1 Å². The fraction of sp³-hybridized carbons (Fsp3) is 0.231. The van der Waals surface area contributed by atoms with Gasteiger partial charge in [-0.05, 0) is 31.0 Å². The summed E-state index contributed by atoms with van der Waals surface area (Å²) in [5.74, 6) is -0.524. The van der Waals surface area contributed by atoms with Gasteiger partial charge < -0.3 is 24.5 Å². The van der Waals surface area contributed by atoms with Gasteiger partial charge in [-0.2, -0.15) is 5.10 Å². The molecule has 5 heterocycles. The van der Waals surface area contributed by atoms with Crippen molar-refractivity contribution in [2.45, 2.75) is 25.2 Å². The second-order valence-electron chi connectivity index (χ2n) is 9.10. The minimum absolute atomic E-state index is 0.00889. The van der Waals surface area contributed by atoms with Gasteiger partial charge in [-0.15, -0.1) is 11.3 Å². The number of fused-ring (bicyclic) bond motifs is 2. The molecule has 0 atom stereocenters. The Morgan fingerprint density at radius 3 is 2.70 bits per heavy atom. The van der Waals surface area contributed by atoms with E-state index in [1.165, 1.54) is 22.3 Å². The number of pyridine rings is 1. The van der Waals surface area contributed by atoms with Crippen molar-refractivity contribution in [2.75, 3.05) is 18.8 Å². The first-order chi connectivity index (χ1) is 19.5. The zero-order valence-corrected chi connectivity index (χ0v) is 21.5. The van der Waals surface area contributed by atoms with E-state index in [1.807, 2.05) is 10.9 Å². The first kappa shape index (κ1) is 25.4. The predicted octanol–water partition coefficient (Wildman–Crippen LogP) is 3.52. The largest absolute Gasteiger partial charge is 0.452 e. The number of hydrogen-bond donors (Lipinski definition) is 1. The fourth-order valence-corrected chi connectivity index (χ4v) is 5.79. The number of likely N-dealkylation sites (tertiary alicyclic amines) is 1. The van der Waals surface area contributed by atoms with Crippen LogP contribution in [0.2, 0.25) is 0 Å². The third-order valence-electron chi connectivity index (χ3n) is 6.91. The maximum atomic E-state index is 14.9. The number of carbonyl (C=O) groups is 3. The summed E-state index contributed by atoms with van der Waals surface area (Å²) in [6, 6.07) is 4.73. The third-order valence-corrected chi connectivity index (χ3v) is 7.76. The van der Waals surface area contributed by atoms with Crippen molar-refractivity contribution in [3.05, 3.63) is 48.1 Å². The number of furan rings is 1. The van der Waals surface area contributed by atoms with Crippen molar-refractivity contribution < 1.29 is 32.7 Å². The van der Waals surface area contributed by atoms with Crippen LogP contribution in [-0.4, -0.2) is 62.9 Å². The monoisotopic (exact) mass is 564 g/mol. The Kier molecular flexibility index (Phi) is 6.59. The van der Waals surface area contributed by atoms with Crippen LogP contribution in [0.5, 0.6) is 0 Å². The summed E-state index contributed by atoms with van der Waals surface area (Å²) in [4.78, 5) is 43.8. The lowest BCUT2D eigenvalue weighted by atomic mass is 10.0. The molecule has 1 amide bonds. The van der Waals surface area contributed by atoms with Crippen LogP contribution in [0.25, 0.3) is 43.6 Å². The van der Waals surface area contributed by atoms with Crippen LogP contribution in [0, 0.1) is 5.82 Å². The van der Waals surface area contributed by atoms with Gasteiger partial charge in [0.15, 0.2) is 11.4 Å². The van der Waals surface area contributed by atoms with E-state index in [0.29, 0.717) is 58.4 Å². The van der Waals surface area contributed by atoms with Crippen molar-refractivity contribution in [1.29, 1.82) is 0 Å². The average molecular weight is 565 g/mol. The van der Waals surface area contributed by atoms with Crippen LogP contribution in [0.1, 0.15) is 18.9 Å². The van der Waals surface area contributed by atoms with Crippen LogP contribution < -0.4 is 5.73 Å². The number of halogens is 1. The highest BCUT2D eigenvalue weighted by Crippen LogP contribution is 2.40. The van der Waals surface area contributed by atoms with Crippen molar-refractivity contribution in [1.82, 2.24) is 24.6 Å². The second-order valence-corrected chi connectivity index (χ2v) is 9.95. The smallest absolute Gasteiger partial charge is 0.325 e. The Labute approximate surface area is 229 Å². The van der Waals surface area contributed by atoms with Crippen LogP contribution in [-0.2, 0) is 23.9 Å². The van der Waals surface area contributed by atoms with E-state index in [4.69, 9.17) is 10.2 Å². The van der Waals surface area contributed by atoms with Gasteiger partial charge in [0.05, 0.1) is 33.5 Å². The number of amides is 1. The number of nitrogens with two attached hydrogens (primary N) is 1. The summed E-state index contributed by atoms with van der Waals surface area (Å²) >= 11 is 1.32.